The average Bonchev–Trinajstić information content (AvgIpc) is 2.60. The van der Waals surface area contributed by atoms with Gasteiger partial charge in [-0.15, -0.1) is 0 Å². The van der Waals surface area contributed by atoms with Crippen molar-refractivity contribution >= 4 is 23.3 Å². The number of amides is 1. The fourth-order valence-electron chi connectivity index (χ4n) is 2.84. The van der Waals surface area contributed by atoms with Gasteiger partial charge < -0.3 is 14.8 Å². The first-order valence-electron chi connectivity index (χ1n) is 8.96. The smallest absolute Gasteiger partial charge is 0.251 e. The summed E-state index contributed by atoms with van der Waals surface area (Å²) < 4.78 is 10.7. The SMILES string of the molecule is COc1ccc(Cl)cc1CC(=O)Cc1cc(C(=O)NC(C)(C)C)ccc1OC. The molecule has 0 atom stereocenters. The van der Waals surface area contributed by atoms with Crippen LogP contribution < -0.4 is 14.8 Å². The van der Waals surface area contributed by atoms with Gasteiger partial charge in [0.05, 0.1) is 14.2 Å². The van der Waals surface area contributed by atoms with E-state index >= 15 is 0 Å². The number of rotatable bonds is 7. The van der Waals surface area contributed by atoms with Crippen LogP contribution in [0.3, 0.4) is 0 Å². The van der Waals surface area contributed by atoms with Gasteiger partial charge in [0, 0.05) is 40.1 Å². The van der Waals surface area contributed by atoms with Crippen LogP contribution in [0.2, 0.25) is 5.02 Å². The van der Waals surface area contributed by atoms with E-state index in [9.17, 15) is 9.59 Å². The molecule has 0 saturated heterocycles. The lowest BCUT2D eigenvalue weighted by Gasteiger charge is -2.21. The maximum absolute atomic E-state index is 12.7. The lowest BCUT2D eigenvalue weighted by atomic mass is 9.99. The lowest BCUT2D eigenvalue weighted by Crippen LogP contribution is -2.40. The van der Waals surface area contributed by atoms with Crippen LogP contribution in [-0.4, -0.2) is 31.4 Å². The summed E-state index contributed by atoms with van der Waals surface area (Å²) in [6.45, 7) is 5.74. The Kier molecular flexibility index (Phi) is 7.08. The fraction of sp³-hybridized carbons (Fsp3) is 0.364. The monoisotopic (exact) mass is 403 g/mol. The van der Waals surface area contributed by atoms with Gasteiger partial charge in [0.2, 0.25) is 0 Å². The molecule has 0 aliphatic carbocycles. The number of ketones is 1. The number of hydrogen-bond acceptors (Lipinski definition) is 4. The van der Waals surface area contributed by atoms with Crippen molar-refractivity contribution in [2.75, 3.05) is 14.2 Å². The highest BCUT2D eigenvalue weighted by Crippen LogP contribution is 2.25. The summed E-state index contributed by atoms with van der Waals surface area (Å²) in [5.74, 6) is 0.953. The molecule has 6 heteroatoms. The molecule has 2 aromatic rings. The zero-order valence-corrected chi connectivity index (χ0v) is 17.6. The molecule has 1 amide bonds. The summed E-state index contributed by atoms with van der Waals surface area (Å²) in [6.07, 6.45) is 0.306. The molecule has 2 rings (SSSR count). The molecule has 150 valence electrons. The summed E-state index contributed by atoms with van der Waals surface area (Å²) in [5, 5.41) is 3.46. The second kappa shape index (κ2) is 9.11. The number of Topliss-reactive ketones (excluding diaryl/α,β-unsaturated/α-hetero) is 1. The highest BCUT2D eigenvalue weighted by molar-refractivity contribution is 6.30. The Morgan fingerprint density at radius 1 is 0.929 bits per heavy atom. The quantitative estimate of drug-likeness (QED) is 0.750. The molecule has 0 saturated carbocycles. The largest absolute Gasteiger partial charge is 0.496 e. The van der Waals surface area contributed by atoms with Crippen molar-refractivity contribution in [1.29, 1.82) is 0 Å². The lowest BCUT2D eigenvalue weighted by molar-refractivity contribution is -0.117. The Labute approximate surface area is 171 Å². The number of carbonyl (C=O) groups excluding carboxylic acids is 2. The van der Waals surface area contributed by atoms with Crippen LogP contribution in [0.1, 0.15) is 42.3 Å². The van der Waals surface area contributed by atoms with E-state index in [1.807, 2.05) is 20.8 Å². The molecule has 5 nitrogen and oxygen atoms in total. The summed E-state index contributed by atoms with van der Waals surface area (Å²) >= 11 is 6.04. The predicted octanol–water partition coefficient (Wildman–Crippen LogP) is 4.24. The fourth-order valence-corrected chi connectivity index (χ4v) is 3.04. The van der Waals surface area contributed by atoms with Crippen molar-refractivity contribution in [3.63, 3.8) is 0 Å². The van der Waals surface area contributed by atoms with E-state index in [2.05, 4.69) is 5.32 Å². The van der Waals surface area contributed by atoms with Crippen molar-refractivity contribution in [2.24, 2.45) is 0 Å². The van der Waals surface area contributed by atoms with Crippen LogP contribution in [0.15, 0.2) is 36.4 Å². The van der Waals surface area contributed by atoms with E-state index in [1.165, 1.54) is 7.11 Å². The minimum Gasteiger partial charge on any atom is -0.496 e. The number of methoxy groups -OCH3 is 2. The Morgan fingerprint density at radius 3 is 2.00 bits per heavy atom. The van der Waals surface area contributed by atoms with Crippen LogP contribution in [0, 0.1) is 0 Å². The van der Waals surface area contributed by atoms with E-state index in [4.69, 9.17) is 21.1 Å². The molecule has 0 bridgehead atoms. The average molecular weight is 404 g/mol. The van der Waals surface area contributed by atoms with Gasteiger partial charge in [0.15, 0.2) is 0 Å². The highest BCUT2D eigenvalue weighted by atomic mass is 35.5. The maximum atomic E-state index is 12.7. The zero-order valence-electron chi connectivity index (χ0n) is 16.9. The molecule has 0 fully saturated rings. The van der Waals surface area contributed by atoms with E-state index in [0.29, 0.717) is 27.6 Å². The van der Waals surface area contributed by atoms with E-state index < -0.39 is 0 Å². The van der Waals surface area contributed by atoms with Gasteiger partial charge in [-0.25, -0.2) is 0 Å². The van der Waals surface area contributed by atoms with E-state index in [1.54, 1.807) is 43.5 Å². The third kappa shape index (κ3) is 5.99. The van der Waals surface area contributed by atoms with Gasteiger partial charge in [0.1, 0.15) is 17.3 Å². The van der Waals surface area contributed by atoms with Crippen molar-refractivity contribution in [3.8, 4) is 11.5 Å². The first kappa shape index (κ1) is 21.8. The second-order valence-electron chi connectivity index (χ2n) is 7.58. The Balaban J connectivity index is 2.22. The standard InChI is InChI=1S/C22H26ClNO4/c1-22(2,3)24-21(26)14-6-8-19(27-4)15(10-14)12-18(25)13-16-11-17(23)7-9-20(16)28-5/h6-11H,12-13H2,1-5H3,(H,24,26). The normalized spacial score (nSPS) is 11.1. The minimum absolute atomic E-state index is 0.0350. The van der Waals surface area contributed by atoms with Crippen molar-refractivity contribution in [2.45, 2.75) is 39.2 Å². The van der Waals surface area contributed by atoms with Crippen molar-refractivity contribution in [3.05, 3.63) is 58.1 Å². The summed E-state index contributed by atoms with van der Waals surface area (Å²) in [6, 6.07) is 10.3. The topological polar surface area (TPSA) is 64.6 Å². The maximum Gasteiger partial charge on any atom is 0.251 e. The van der Waals surface area contributed by atoms with Crippen molar-refractivity contribution in [1.82, 2.24) is 5.32 Å². The van der Waals surface area contributed by atoms with Crippen LogP contribution in [0.25, 0.3) is 0 Å². The van der Waals surface area contributed by atoms with E-state index in [-0.39, 0.29) is 30.1 Å². The molecular formula is C22H26ClNO4. The van der Waals surface area contributed by atoms with Gasteiger partial charge >= 0.3 is 0 Å². The van der Waals surface area contributed by atoms with Crippen LogP contribution >= 0.6 is 11.6 Å². The van der Waals surface area contributed by atoms with Gasteiger partial charge in [-0.2, -0.15) is 0 Å². The minimum atomic E-state index is -0.351. The van der Waals surface area contributed by atoms with Crippen LogP contribution in [0.4, 0.5) is 0 Å². The molecular weight excluding hydrogens is 378 g/mol. The number of hydrogen-bond donors (Lipinski definition) is 1. The van der Waals surface area contributed by atoms with Gasteiger partial charge in [0.25, 0.3) is 5.91 Å². The highest BCUT2D eigenvalue weighted by Gasteiger charge is 2.18. The first-order chi connectivity index (χ1) is 13.1. The number of halogens is 1. The molecule has 1 N–H and O–H groups in total. The summed E-state index contributed by atoms with van der Waals surface area (Å²) in [7, 11) is 3.09. The molecule has 0 radical (unpaired) electrons. The molecule has 0 spiro atoms. The van der Waals surface area contributed by atoms with Crippen molar-refractivity contribution < 1.29 is 19.1 Å². The summed E-state index contributed by atoms with van der Waals surface area (Å²) in [4.78, 5) is 25.1. The van der Waals surface area contributed by atoms with E-state index in [0.717, 1.165) is 5.56 Å². The zero-order chi connectivity index (χ0) is 20.9. The Bertz CT molecular complexity index is 871. The first-order valence-corrected chi connectivity index (χ1v) is 9.34. The van der Waals surface area contributed by atoms with Gasteiger partial charge in [-0.05, 0) is 57.2 Å². The molecule has 0 aliphatic rings. The van der Waals surface area contributed by atoms with Crippen LogP contribution in [-0.2, 0) is 17.6 Å². The van der Waals surface area contributed by atoms with Gasteiger partial charge in [-0.1, -0.05) is 11.6 Å². The molecule has 0 unspecified atom stereocenters. The number of nitrogens with one attached hydrogen (secondary N) is 1. The number of ether oxygens (including phenoxy) is 2. The Hall–Kier alpha value is -2.53. The molecule has 0 aliphatic heterocycles. The molecule has 2 aromatic carbocycles. The van der Waals surface area contributed by atoms with Gasteiger partial charge in [-0.3, -0.25) is 9.59 Å². The third-order valence-corrected chi connectivity index (χ3v) is 4.28. The Morgan fingerprint density at radius 2 is 1.46 bits per heavy atom. The number of benzene rings is 2. The second-order valence-corrected chi connectivity index (χ2v) is 8.02. The molecule has 28 heavy (non-hydrogen) atoms. The molecule has 0 aromatic heterocycles. The predicted molar refractivity (Wildman–Crippen MR) is 111 cm³/mol. The number of carbonyl (C=O) groups is 2. The summed E-state index contributed by atoms with van der Waals surface area (Å²) in [5.41, 5.74) is 1.52. The van der Waals surface area contributed by atoms with Crippen LogP contribution in [0.5, 0.6) is 11.5 Å². The third-order valence-electron chi connectivity index (χ3n) is 4.05. The molecule has 0 heterocycles.